The number of hydrogen-bond donors (Lipinski definition) is 0. The molecule has 3 rings (SSSR count). The minimum Gasteiger partial charge on any atom is -0.355 e. The van der Waals surface area contributed by atoms with Crippen LogP contribution in [-0.4, -0.2) is 43.5 Å². The Balaban J connectivity index is 2.07. The van der Waals surface area contributed by atoms with Crippen LogP contribution in [-0.2, 0) is 9.84 Å². The van der Waals surface area contributed by atoms with Crippen LogP contribution in [0.4, 0.5) is 5.82 Å². The van der Waals surface area contributed by atoms with Gasteiger partial charge in [0.25, 0.3) is 0 Å². The fraction of sp³-hybridized carbons (Fsp3) is 0.333. The van der Waals surface area contributed by atoms with E-state index in [0.29, 0.717) is 5.82 Å². The average molecular weight is 376 g/mol. The summed E-state index contributed by atoms with van der Waals surface area (Å²) in [5.74, 6) is 1.54. The maximum atomic E-state index is 11.6. The smallest absolute Gasteiger partial charge is 0.149 e. The molecule has 1 atom stereocenters. The van der Waals surface area contributed by atoms with E-state index in [1.807, 2.05) is 44.0 Å². The highest BCUT2D eigenvalue weighted by Crippen LogP contribution is 2.36. The normalized spacial score (nSPS) is 13.1. The number of sulfone groups is 1. The fourth-order valence-electron chi connectivity index (χ4n) is 2.78. The van der Waals surface area contributed by atoms with Crippen molar-refractivity contribution < 1.29 is 8.42 Å². The monoisotopic (exact) mass is 375 g/mol. The Labute approximate surface area is 152 Å². The van der Waals surface area contributed by atoms with Crippen LogP contribution in [0.25, 0.3) is 20.7 Å². The van der Waals surface area contributed by atoms with Crippen molar-refractivity contribution in [2.24, 2.45) is 0 Å². The molecule has 5 nitrogen and oxygen atoms in total. The first-order valence-electron chi connectivity index (χ1n) is 7.99. The molecule has 0 aliphatic heterocycles. The standard InChI is InChI=1S/C18H21N3O2S2/c1-12(11-25(4,22)23)21(3)17-15-10-16(14-8-6-5-7-9-14)24-18(15)20-13(2)19-17/h5-10,12H,11H2,1-4H3. The van der Waals surface area contributed by atoms with E-state index >= 15 is 0 Å². The van der Waals surface area contributed by atoms with E-state index < -0.39 is 9.84 Å². The molecule has 0 saturated carbocycles. The molecule has 0 N–H and O–H groups in total. The zero-order chi connectivity index (χ0) is 18.2. The first kappa shape index (κ1) is 17.8. The lowest BCUT2D eigenvalue weighted by Crippen LogP contribution is -2.35. The van der Waals surface area contributed by atoms with Gasteiger partial charge in [0.15, 0.2) is 0 Å². The van der Waals surface area contributed by atoms with Crippen molar-refractivity contribution in [1.82, 2.24) is 9.97 Å². The Morgan fingerprint density at radius 2 is 1.88 bits per heavy atom. The van der Waals surface area contributed by atoms with Crippen LogP contribution < -0.4 is 4.90 Å². The van der Waals surface area contributed by atoms with Gasteiger partial charge in [-0.2, -0.15) is 0 Å². The van der Waals surface area contributed by atoms with Crippen molar-refractivity contribution in [3.05, 3.63) is 42.2 Å². The van der Waals surface area contributed by atoms with Crippen molar-refractivity contribution in [3.8, 4) is 10.4 Å². The number of aryl methyl sites for hydroxylation is 1. The van der Waals surface area contributed by atoms with E-state index in [1.54, 1.807) is 11.3 Å². The van der Waals surface area contributed by atoms with Gasteiger partial charge >= 0.3 is 0 Å². The summed E-state index contributed by atoms with van der Waals surface area (Å²) in [5, 5.41) is 0.956. The van der Waals surface area contributed by atoms with E-state index in [1.165, 1.54) is 6.26 Å². The second-order valence-electron chi connectivity index (χ2n) is 6.34. The summed E-state index contributed by atoms with van der Waals surface area (Å²) in [6.45, 7) is 3.76. The third-order valence-corrected chi connectivity index (χ3v) is 6.25. The molecule has 2 aromatic heterocycles. The number of hydrogen-bond acceptors (Lipinski definition) is 6. The van der Waals surface area contributed by atoms with Crippen molar-refractivity contribution in [1.29, 1.82) is 0 Å². The van der Waals surface area contributed by atoms with Gasteiger partial charge in [0.1, 0.15) is 26.3 Å². The van der Waals surface area contributed by atoms with Crippen LogP contribution >= 0.6 is 11.3 Å². The summed E-state index contributed by atoms with van der Waals surface area (Å²) < 4.78 is 23.3. The molecule has 25 heavy (non-hydrogen) atoms. The third-order valence-electron chi connectivity index (χ3n) is 4.08. The molecule has 0 amide bonds. The summed E-state index contributed by atoms with van der Waals surface area (Å²) in [6.07, 6.45) is 1.26. The van der Waals surface area contributed by atoms with Gasteiger partial charge in [-0.1, -0.05) is 30.3 Å². The third kappa shape index (κ3) is 3.99. The molecule has 7 heteroatoms. The molecular weight excluding hydrogens is 354 g/mol. The maximum Gasteiger partial charge on any atom is 0.149 e. The Kier molecular flexibility index (Phi) is 4.79. The highest BCUT2D eigenvalue weighted by atomic mass is 32.2. The summed E-state index contributed by atoms with van der Waals surface area (Å²) in [4.78, 5) is 13.1. The van der Waals surface area contributed by atoms with Crippen molar-refractivity contribution in [2.75, 3.05) is 24.0 Å². The number of rotatable bonds is 5. The van der Waals surface area contributed by atoms with Gasteiger partial charge < -0.3 is 4.90 Å². The molecular formula is C18H21N3O2S2. The number of benzene rings is 1. The van der Waals surface area contributed by atoms with Crippen LogP contribution in [0.15, 0.2) is 36.4 Å². The van der Waals surface area contributed by atoms with E-state index in [-0.39, 0.29) is 11.8 Å². The number of anilines is 1. The van der Waals surface area contributed by atoms with Gasteiger partial charge in [0.05, 0.1) is 11.1 Å². The topological polar surface area (TPSA) is 63.2 Å². The molecule has 0 aliphatic carbocycles. The molecule has 2 heterocycles. The molecule has 0 bridgehead atoms. The molecule has 1 aromatic carbocycles. The molecule has 3 aromatic rings. The van der Waals surface area contributed by atoms with Crippen molar-refractivity contribution in [2.45, 2.75) is 19.9 Å². The predicted molar refractivity (Wildman–Crippen MR) is 105 cm³/mol. The number of thiophene rings is 1. The Morgan fingerprint density at radius 3 is 2.52 bits per heavy atom. The van der Waals surface area contributed by atoms with E-state index in [0.717, 1.165) is 26.5 Å². The molecule has 0 spiro atoms. The van der Waals surface area contributed by atoms with Crippen molar-refractivity contribution in [3.63, 3.8) is 0 Å². The van der Waals surface area contributed by atoms with Crippen LogP contribution in [0.1, 0.15) is 12.7 Å². The second-order valence-corrected chi connectivity index (χ2v) is 9.56. The van der Waals surface area contributed by atoms with Crippen molar-refractivity contribution >= 4 is 37.2 Å². The number of nitrogens with zero attached hydrogens (tertiary/aromatic N) is 3. The van der Waals surface area contributed by atoms with Gasteiger partial charge in [-0.05, 0) is 25.5 Å². The van der Waals surface area contributed by atoms with E-state index in [4.69, 9.17) is 0 Å². The largest absolute Gasteiger partial charge is 0.355 e. The van der Waals surface area contributed by atoms with E-state index in [9.17, 15) is 8.42 Å². The Bertz CT molecular complexity index is 998. The number of aromatic nitrogens is 2. The fourth-order valence-corrected chi connectivity index (χ4v) is 4.96. The number of fused-ring (bicyclic) bond motifs is 1. The lowest BCUT2D eigenvalue weighted by atomic mass is 10.2. The van der Waals surface area contributed by atoms with Crippen LogP contribution in [0, 0.1) is 6.92 Å². The van der Waals surface area contributed by atoms with Gasteiger partial charge in [-0.25, -0.2) is 18.4 Å². The van der Waals surface area contributed by atoms with Gasteiger partial charge in [0, 0.05) is 24.2 Å². The van der Waals surface area contributed by atoms with Gasteiger partial charge in [0.2, 0.25) is 0 Å². The van der Waals surface area contributed by atoms with Crippen LogP contribution in [0.2, 0.25) is 0 Å². The van der Waals surface area contributed by atoms with Crippen LogP contribution in [0.5, 0.6) is 0 Å². The molecule has 0 radical (unpaired) electrons. The SMILES string of the molecule is Cc1nc(N(C)C(C)CS(C)(=O)=O)c2cc(-c3ccccc3)sc2n1. The summed E-state index contributed by atoms with van der Waals surface area (Å²) in [6, 6.07) is 12.1. The second kappa shape index (κ2) is 6.72. The highest BCUT2D eigenvalue weighted by Gasteiger charge is 2.20. The predicted octanol–water partition coefficient (Wildman–Crippen LogP) is 3.54. The molecule has 132 valence electrons. The average Bonchev–Trinajstić information content (AvgIpc) is 2.96. The first-order valence-corrected chi connectivity index (χ1v) is 10.9. The lowest BCUT2D eigenvalue weighted by molar-refractivity contribution is 0.593. The summed E-state index contributed by atoms with van der Waals surface area (Å²) in [7, 11) is -1.17. The molecule has 1 unspecified atom stereocenters. The Hall–Kier alpha value is -1.99. The Morgan fingerprint density at radius 1 is 1.20 bits per heavy atom. The minimum atomic E-state index is -3.06. The summed E-state index contributed by atoms with van der Waals surface area (Å²) >= 11 is 1.62. The maximum absolute atomic E-state index is 11.6. The highest BCUT2D eigenvalue weighted by molar-refractivity contribution is 7.90. The lowest BCUT2D eigenvalue weighted by Gasteiger charge is -2.26. The van der Waals surface area contributed by atoms with Crippen LogP contribution in [0.3, 0.4) is 0 Å². The van der Waals surface area contributed by atoms with Gasteiger partial charge in [-0.15, -0.1) is 11.3 Å². The first-order chi connectivity index (χ1) is 11.7. The molecule has 0 saturated heterocycles. The molecule has 0 aliphatic rings. The minimum absolute atomic E-state index is 0.0870. The van der Waals surface area contributed by atoms with E-state index in [2.05, 4.69) is 28.2 Å². The van der Waals surface area contributed by atoms with Gasteiger partial charge in [-0.3, -0.25) is 0 Å². The zero-order valence-corrected chi connectivity index (χ0v) is 16.4. The summed E-state index contributed by atoms with van der Waals surface area (Å²) in [5.41, 5.74) is 1.14. The quantitative estimate of drug-likeness (QED) is 0.682. The zero-order valence-electron chi connectivity index (χ0n) is 14.7. The molecule has 0 fully saturated rings.